The van der Waals surface area contributed by atoms with Crippen LogP contribution in [-0.4, -0.2) is 65.8 Å². The minimum absolute atomic E-state index is 0.0255. The predicted octanol–water partition coefficient (Wildman–Crippen LogP) is 3.32. The zero-order valence-electron chi connectivity index (χ0n) is 17.2. The van der Waals surface area contributed by atoms with Gasteiger partial charge in [-0.2, -0.15) is 0 Å². The van der Waals surface area contributed by atoms with Gasteiger partial charge in [0.1, 0.15) is 0 Å². The number of nitrogens with zero attached hydrogens (tertiary/aromatic N) is 2. The smallest absolute Gasteiger partial charge is 0.233 e. The molecular formula is C22H24Br4N2O4. The predicted molar refractivity (Wildman–Crippen MR) is 131 cm³/mol. The van der Waals surface area contributed by atoms with E-state index in [9.17, 15) is 19.2 Å². The van der Waals surface area contributed by atoms with Crippen molar-refractivity contribution in [2.75, 3.05) is 13.1 Å². The average Bonchev–Trinajstić information content (AvgIpc) is 3.56. The van der Waals surface area contributed by atoms with E-state index < -0.39 is 0 Å². The van der Waals surface area contributed by atoms with Gasteiger partial charge in [-0.05, 0) is 49.4 Å². The maximum absolute atomic E-state index is 13.0. The second-order valence-corrected chi connectivity index (χ2v) is 14.6. The number of unbranched alkanes of at least 4 members (excludes halogenated alkanes) is 1. The van der Waals surface area contributed by atoms with Gasteiger partial charge in [-0.25, -0.2) is 0 Å². The Morgan fingerprint density at radius 3 is 1.03 bits per heavy atom. The molecule has 4 bridgehead atoms. The van der Waals surface area contributed by atoms with Crippen molar-refractivity contribution in [2.24, 2.45) is 47.3 Å². The number of likely N-dealkylation sites (tertiary alicyclic amines) is 2. The molecule has 6 nitrogen and oxygen atoms in total. The molecule has 0 N–H and O–H groups in total. The number of halogens is 4. The number of carbonyl (C=O) groups excluding carboxylic acids is 4. The lowest BCUT2D eigenvalue weighted by Crippen LogP contribution is -2.37. The van der Waals surface area contributed by atoms with Crippen LogP contribution in [-0.2, 0) is 19.2 Å². The van der Waals surface area contributed by atoms with Crippen LogP contribution in [0.3, 0.4) is 0 Å². The third-order valence-corrected chi connectivity index (χ3v) is 15.6. The number of hydrogen-bond acceptors (Lipinski definition) is 4. The van der Waals surface area contributed by atoms with Crippen LogP contribution in [0, 0.1) is 47.3 Å². The molecule has 2 aliphatic heterocycles. The van der Waals surface area contributed by atoms with Gasteiger partial charge in [0.05, 0.1) is 23.7 Å². The van der Waals surface area contributed by atoms with Crippen LogP contribution in [0.1, 0.15) is 25.7 Å². The van der Waals surface area contributed by atoms with Crippen molar-refractivity contribution in [3.05, 3.63) is 0 Å². The molecule has 6 aliphatic rings. The summed E-state index contributed by atoms with van der Waals surface area (Å²) in [5.74, 6) is 0.0597. The van der Waals surface area contributed by atoms with Crippen molar-refractivity contribution < 1.29 is 19.2 Å². The van der Waals surface area contributed by atoms with Gasteiger partial charge in [0.2, 0.25) is 23.6 Å². The third-order valence-electron chi connectivity index (χ3n) is 9.17. The van der Waals surface area contributed by atoms with Crippen molar-refractivity contribution in [3.63, 3.8) is 0 Å². The Bertz CT molecular complexity index is 780. The molecule has 12 atom stereocenters. The van der Waals surface area contributed by atoms with E-state index in [1.165, 1.54) is 9.80 Å². The molecule has 4 saturated carbocycles. The van der Waals surface area contributed by atoms with Crippen LogP contribution in [0.5, 0.6) is 0 Å². The zero-order valence-corrected chi connectivity index (χ0v) is 23.6. The molecule has 174 valence electrons. The van der Waals surface area contributed by atoms with Crippen LogP contribution in [0.4, 0.5) is 0 Å². The van der Waals surface area contributed by atoms with Gasteiger partial charge in [0.25, 0.3) is 0 Å². The van der Waals surface area contributed by atoms with Crippen LogP contribution in [0.2, 0.25) is 0 Å². The van der Waals surface area contributed by atoms with Crippen LogP contribution in [0.15, 0.2) is 0 Å². The van der Waals surface area contributed by atoms with Crippen molar-refractivity contribution in [1.82, 2.24) is 9.80 Å². The quantitative estimate of drug-likeness (QED) is 0.251. The number of rotatable bonds is 5. The van der Waals surface area contributed by atoms with Gasteiger partial charge in [-0.15, -0.1) is 0 Å². The van der Waals surface area contributed by atoms with Gasteiger partial charge in [0.15, 0.2) is 0 Å². The Morgan fingerprint density at radius 1 is 0.531 bits per heavy atom. The molecule has 10 heteroatoms. The number of imide groups is 2. The van der Waals surface area contributed by atoms with Crippen LogP contribution >= 0.6 is 63.7 Å². The van der Waals surface area contributed by atoms with Crippen molar-refractivity contribution in [1.29, 1.82) is 0 Å². The molecule has 2 heterocycles. The summed E-state index contributed by atoms with van der Waals surface area (Å²) >= 11 is 14.9. The molecule has 0 aromatic carbocycles. The summed E-state index contributed by atoms with van der Waals surface area (Å²) in [5.41, 5.74) is 0. The highest BCUT2D eigenvalue weighted by atomic mass is 79.9. The molecule has 0 aromatic heterocycles. The minimum atomic E-state index is -0.184. The Hall–Kier alpha value is 0.200. The monoisotopic (exact) mass is 696 g/mol. The van der Waals surface area contributed by atoms with E-state index in [1.807, 2.05) is 0 Å². The Morgan fingerprint density at radius 2 is 0.781 bits per heavy atom. The largest absolute Gasteiger partial charge is 0.282 e. The first kappa shape index (κ1) is 22.7. The second kappa shape index (κ2) is 7.85. The summed E-state index contributed by atoms with van der Waals surface area (Å²) in [7, 11) is 0. The fourth-order valence-electron chi connectivity index (χ4n) is 7.80. The molecule has 0 aromatic rings. The Labute approximate surface area is 220 Å². The van der Waals surface area contributed by atoms with Gasteiger partial charge in [-0.3, -0.25) is 29.0 Å². The van der Waals surface area contributed by atoms with E-state index in [4.69, 9.17) is 0 Å². The van der Waals surface area contributed by atoms with E-state index in [1.54, 1.807) is 0 Å². The van der Waals surface area contributed by atoms with Gasteiger partial charge < -0.3 is 0 Å². The lowest BCUT2D eigenvalue weighted by Gasteiger charge is -2.28. The SMILES string of the molecule is O=C1C2C3CC(C(Br)C3Br)C2C(=O)N1CCCCN1C(=O)C2C3CC(C(Br)C3Br)C2C1=O. The third kappa shape index (κ3) is 2.84. The molecule has 32 heavy (non-hydrogen) atoms. The molecule has 4 amide bonds. The Kier molecular flexibility index (Phi) is 5.56. The van der Waals surface area contributed by atoms with E-state index in [0.717, 1.165) is 12.8 Å². The first-order valence-corrected chi connectivity index (χ1v) is 15.2. The fourth-order valence-corrected chi connectivity index (χ4v) is 11.5. The molecule has 4 aliphatic carbocycles. The summed E-state index contributed by atoms with van der Waals surface area (Å²) in [6.45, 7) is 0.760. The second-order valence-electron chi connectivity index (χ2n) is 10.4. The van der Waals surface area contributed by atoms with E-state index >= 15 is 0 Å². The topological polar surface area (TPSA) is 74.8 Å². The molecule has 6 fully saturated rings. The summed E-state index contributed by atoms with van der Waals surface area (Å²) in [5, 5.41) is 0. The number of carbonyl (C=O) groups is 4. The Balaban J connectivity index is 1.06. The maximum atomic E-state index is 13.0. The van der Waals surface area contributed by atoms with E-state index in [0.29, 0.717) is 25.9 Å². The minimum Gasteiger partial charge on any atom is -0.282 e. The first-order valence-electron chi connectivity index (χ1n) is 11.5. The normalized spacial score (nSPS) is 50.9. The van der Waals surface area contributed by atoms with E-state index in [-0.39, 0.29) is 90.3 Å². The highest BCUT2D eigenvalue weighted by molar-refractivity contribution is 9.12. The van der Waals surface area contributed by atoms with Crippen molar-refractivity contribution in [2.45, 2.75) is 45.0 Å². The molecular weight excluding hydrogens is 676 g/mol. The number of amides is 4. The highest BCUT2D eigenvalue weighted by Gasteiger charge is 2.67. The van der Waals surface area contributed by atoms with Crippen LogP contribution < -0.4 is 0 Å². The first-order chi connectivity index (χ1) is 15.2. The number of fused-ring (bicyclic) bond motifs is 10. The molecule has 0 radical (unpaired) electrons. The van der Waals surface area contributed by atoms with Gasteiger partial charge in [0, 0.05) is 32.4 Å². The standard InChI is InChI=1S/C22H24Br4N2O4/c23-15-7-5-8(16(15)24)12-11(7)19(29)27(20(12)30)3-1-2-4-28-21(31)13-9-6-10(14(13)22(28)32)18(26)17(9)25/h7-18H,1-6H2. The summed E-state index contributed by atoms with van der Waals surface area (Å²) in [4.78, 5) is 55.9. The van der Waals surface area contributed by atoms with E-state index in [2.05, 4.69) is 63.7 Å². The lowest BCUT2D eigenvalue weighted by molar-refractivity contribution is -0.143. The highest BCUT2D eigenvalue weighted by Crippen LogP contribution is 2.61. The maximum Gasteiger partial charge on any atom is 0.233 e. The summed E-state index contributed by atoms with van der Waals surface area (Å²) < 4.78 is 0. The molecule has 6 rings (SSSR count). The van der Waals surface area contributed by atoms with Crippen molar-refractivity contribution >= 4 is 87.3 Å². The average molecular weight is 700 g/mol. The van der Waals surface area contributed by atoms with Gasteiger partial charge in [-0.1, -0.05) is 63.7 Å². The number of alkyl halides is 4. The summed E-state index contributed by atoms with van der Waals surface area (Å²) in [6, 6.07) is 0. The lowest BCUT2D eigenvalue weighted by atomic mass is 9.81. The van der Waals surface area contributed by atoms with Crippen molar-refractivity contribution in [3.8, 4) is 0 Å². The molecule has 12 unspecified atom stereocenters. The zero-order chi connectivity index (χ0) is 22.6. The fraction of sp³-hybridized carbons (Fsp3) is 0.818. The molecule has 0 spiro atoms. The van der Waals surface area contributed by atoms with Crippen LogP contribution in [0.25, 0.3) is 0 Å². The van der Waals surface area contributed by atoms with Gasteiger partial charge >= 0.3 is 0 Å². The number of hydrogen-bond donors (Lipinski definition) is 0. The summed E-state index contributed by atoms with van der Waals surface area (Å²) in [6.07, 6.45) is 3.09. The molecule has 2 saturated heterocycles.